The summed E-state index contributed by atoms with van der Waals surface area (Å²) >= 11 is 0. The summed E-state index contributed by atoms with van der Waals surface area (Å²) in [6, 6.07) is 16.1. The summed E-state index contributed by atoms with van der Waals surface area (Å²) in [5.74, 6) is -1.77. The number of nitrogens with one attached hydrogen (secondary N) is 1. The fraction of sp³-hybridized carbons (Fsp3) is 0.0417. The van der Waals surface area contributed by atoms with Crippen LogP contribution in [-0.4, -0.2) is 27.9 Å². The predicted octanol–water partition coefficient (Wildman–Crippen LogP) is 4.19. The number of rotatable bonds is 8. The number of hydrogen-bond donors (Lipinski definition) is 1. The van der Waals surface area contributed by atoms with Crippen molar-refractivity contribution in [3.8, 4) is 5.75 Å². The summed E-state index contributed by atoms with van der Waals surface area (Å²) in [6.45, 7) is 1.88. The van der Waals surface area contributed by atoms with E-state index in [-0.39, 0.29) is 17.0 Å². The molecular weight excluding hydrogens is 456 g/mol. The molecule has 0 saturated heterocycles. The second-order valence-corrected chi connectivity index (χ2v) is 7.12. The molecule has 0 aliphatic carbocycles. The zero-order chi connectivity index (χ0) is 25.4. The SMILES string of the molecule is Cc1ccc(C(=O)N/N=C/c2cccc([N+](=O)[O-])c2OC(=O)/C=C/c2ccc([N+](=O)[O-])cc2)cc1. The van der Waals surface area contributed by atoms with Gasteiger partial charge < -0.3 is 4.74 Å². The lowest BCUT2D eigenvalue weighted by atomic mass is 10.1. The predicted molar refractivity (Wildman–Crippen MR) is 127 cm³/mol. The molecule has 1 amide bonds. The van der Waals surface area contributed by atoms with Crippen LogP contribution in [0.5, 0.6) is 5.75 Å². The van der Waals surface area contributed by atoms with Gasteiger partial charge in [-0.2, -0.15) is 5.10 Å². The number of aryl methyl sites for hydroxylation is 1. The van der Waals surface area contributed by atoms with Crippen LogP contribution in [-0.2, 0) is 4.79 Å². The number of nitrogens with zero attached hydrogens (tertiary/aromatic N) is 3. The molecule has 11 heteroatoms. The number of hydrogen-bond acceptors (Lipinski definition) is 8. The minimum absolute atomic E-state index is 0.0838. The van der Waals surface area contributed by atoms with E-state index in [0.717, 1.165) is 23.9 Å². The van der Waals surface area contributed by atoms with E-state index in [9.17, 15) is 29.8 Å². The maximum absolute atomic E-state index is 12.3. The summed E-state index contributed by atoms with van der Waals surface area (Å²) < 4.78 is 5.20. The van der Waals surface area contributed by atoms with Crippen molar-refractivity contribution < 1.29 is 24.2 Å². The van der Waals surface area contributed by atoms with Gasteiger partial charge in [-0.05, 0) is 48.9 Å². The Labute approximate surface area is 198 Å². The lowest BCUT2D eigenvalue weighted by molar-refractivity contribution is -0.385. The summed E-state index contributed by atoms with van der Waals surface area (Å²) in [5.41, 5.74) is 3.65. The average Bonchev–Trinajstić information content (AvgIpc) is 2.84. The zero-order valence-electron chi connectivity index (χ0n) is 18.3. The van der Waals surface area contributed by atoms with E-state index in [1.807, 2.05) is 6.92 Å². The topological polar surface area (TPSA) is 154 Å². The van der Waals surface area contributed by atoms with Crippen molar-refractivity contribution in [3.05, 3.63) is 115 Å². The van der Waals surface area contributed by atoms with Crippen molar-refractivity contribution in [3.63, 3.8) is 0 Å². The first-order valence-corrected chi connectivity index (χ1v) is 10.1. The molecule has 11 nitrogen and oxygen atoms in total. The minimum Gasteiger partial charge on any atom is -0.415 e. The maximum atomic E-state index is 12.3. The first-order valence-electron chi connectivity index (χ1n) is 10.1. The molecule has 0 atom stereocenters. The van der Waals surface area contributed by atoms with Crippen LogP contribution in [0, 0.1) is 27.2 Å². The Morgan fingerprint density at radius 1 is 0.943 bits per heavy atom. The van der Waals surface area contributed by atoms with Gasteiger partial charge in [-0.25, -0.2) is 10.2 Å². The van der Waals surface area contributed by atoms with Crippen LogP contribution >= 0.6 is 0 Å². The van der Waals surface area contributed by atoms with E-state index >= 15 is 0 Å². The van der Waals surface area contributed by atoms with Crippen LogP contribution in [0.2, 0.25) is 0 Å². The molecule has 0 aliphatic heterocycles. The molecule has 0 aromatic heterocycles. The summed E-state index contributed by atoms with van der Waals surface area (Å²) in [5, 5.41) is 26.0. The average molecular weight is 474 g/mol. The van der Waals surface area contributed by atoms with E-state index in [2.05, 4.69) is 10.5 Å². The van der Waals surface area contributed by atoms with Crippen LogP contribution in [0.3, 0.4) is 0 Å². The lowest BCUT2D eigenvalue weighted by Crippen LogP contribution is -2.17. The number of nitro benzene ring substituents is 2. The van der Waals surface area contributed by atoms with Gasteiger partial charge in [0.15, 0.2) is 0 Å². The highest BCUT2D eigenvalue weighted by Crippen LogP contribution is 2.30. The third-order valence-electron chi connectivity index (χ3n) is 4.62. The molecule has 3 aromatic rings. The summed E-state index contributed by atoms with van der Waals surface area (Å²) in [7, 11) is 0. The highest BCUT2D eigenvalue weighted by Gasteiger charge is 2.20. The van der Waals surface area contributed by atoms with E-state index < -0.39 is 27.4 Å². The number of carbonyl (C=O) groups excluding carboxylic acids is 2. The Morgan fingerprint density at radius 3 is 2.26 bits per heavy atom. The second-order valence-electron chi connectivity index (χ2n) is 7.12. The molecule has 0 heterocycles. The Balaban J connectivity index is 1.76. The van der Waals surface area contributed by atoms with Crippen LogP contribution in [0.15, 0.2) is 77.9 Å². The van der Waals surface area contributed by atoms with Crippen molar-refractivity contribution in [1.29, 1.82) is 0 Å². The molecule has 0 fully saturated rings. The van der Waals surface area contributed by atoms with Crippen molar-refractivity contribution >= 4 is 35.5 Å². The van der Waals surface area contributed by atoms with Crippen LogP contribution in [0.4, 0.5) is 11.4 Å². The van der Waals surface area contributed by atoms with Gasteiger partial charge in [0.05, 0.1) is 16.1 Å². The number of nitro groups is 2. The van der Waals surface area contributed by atoms with Crippen molar-refractivity contribution in [2.24, 2.45) is 5.10 Å². The molecule has 3 aromatic carbocycles. The summed E-state index contributed by atoms with van der Waals surface area (Å²) in [6.07, 6.45) is 3.50. The third-order valence-corrected chi connectivity index (χ3v) is 4.62. The minimum atomic E-state index is -0.920. The standard InChI is InChI=1S/C24H18N4O7/c1-16-5-10-18(11-6-16)24(30)26-25-15-19-3-2-4-21(28(33)34)23(19)35-22(29)14-9-17-7-12-20(13-8-17)27(31)32/h2-15H,1H3,(H,26,30)/b14-9+,25-15+. The lowest BCUT2D eigenvalue weighted by Gasteiger charge is -2.06. The van der Waals surface area contributed by atoms with Gasteiger partial charge in [-0.15, -0.1) is 0 Å². The number of non-ortho nitro benzene ring substituents is 1. The second kappa shape index (κ2) is 11.1. The maximum Gasteiger partial charge on any atom is 0.336 e. The molecule has 0 saturated carbocycles. The smallest absolute Gasteiger partial charge is 0.336 e. The molecule has 0 spiro atoms. The summed E-state index contributed by atoms with van der Waals surface area (Å²) in [4.78, 5) is 45.4. The normalized spacial score (nSPS) is 10.9. The Kier molecular flexibility index (Phi) is 7.75. The molecule has 1 N–H and O–H groups in total. The Morgan fingerprint density at radius 2 is 1.63 bits per heavy atom. The fourth-order valence-corrected chi connectivity index (χ4v) is 2.83. The van der Waals surface area contributed by atoms with E-state index in [1.54, 1.807) is 24.3 Å². The quantitative estimate of drug-likeness (QED) is 0.128. The van der Waals surface area contributed by atoms with Crippen LogP contribution in [0.1, 0.15) is 27.0 Å². The molecule has 0 aliphatic rings. The number of ether oxygens (including phenoxy) is 1. The van der Waals surface area contributed by atoms with Gasteiger partial charge in [0.25, 0.3) is 11.6 Å². The molecule has 0 unspecified atom stereocenters. The molecule has 3 rings (SSSR count). The zero-order valence-corrected chi connectivity index (χ0v) is 18.3. The number of amides is 1. The first kappa shape index (κ1) is 24.5. The van der Waals surface area contributed by atoms with Crippen molar-refractivity contribution in [2.75, 3.05) is 0 Å². The Bertz CT molecular complexity index is 1330. The van der Waals surface area contributed by atoms with Gasteiger partial charge in [0.1, 0.15) is 0 Å². The monoisotopic (exact) mass is 474 g/mol. The van der Waals surface area contributed by atoms with Crippen molar-refractivity contribution in [1.82, 2.24) is 5.43 Å². The van der Waals surface area contributed by atoms with Crippen molar-refractivity contribution in [2.45, 2.75) is 6.92 Å². The first-order chi connectivity index (χ1) is 16.7. The molecule has 176 valence electrons. The van der Waals surface area contributed by atoms with Gasteiger partial charge >= 0.3 is 11.7 Å². The van der Waals surface area contributed by atoms with Gasteiger partial charge in [0, 0.05) is 35.4 Å². The number of hydrazone groups is 1. The van der Waals surface area contributed by atoms with Gasteiger partial charge in [-0.1, -0.05) is 23.8 Å². The van der Waals surface area contributed by atoms with Gasteiger partial charge in [0.2, 0.25) is 5.75 Å². The van der Waals surface area contributed by atoms with E-state index in [4.69, 9.17) is 4.74 Å². The highest BCUT2D eigenvalue weighted by atomic mass is 16.6. The van der Waals surface area contributed by atoms with E-state index in [0.29, 0.717) is 11.1 Å². The molecular formula is C24H18N4O7. The molecule has 0 bridgehead atoms. The number of benzene rings is 3. The number of para-hydroxylation sites is 1. The van der Waals surface area contributed by atoms with E-state index in [1.165, 1.54) is 42.5 Å². The third kappa shape index (κ3) is 6.65. The largest absolute Gasteiger partial charge is 0.415 e. The van der Waals surface area contributed by atoms with Crippen LogP contribution in [0.25, 0.3) is 6.08 Å². The molecule has 0 radical (unpaired) electrons. The van der Waals surface area contributed by atoms with Gasteiger partial charge in [-0.3, -0.25) is 25.0 Å². The number of esters is 1. The number of carbonyl (C=O) groups is 2. The molecule has 35 heavy (non-hydrogen) atoms. The fourth-order valence-electron chi connectivity index (χ4n) is 2.83. The van der Waals surface area contributed by atoms with Crippen LogP contribution < -0.4 is 10.2 Å². The highest BCUT2D eigenvalue weighted by molar-refractivity contribution is 5.96. The Hall–Kier alpha value is -5.19.